The van der Waals surface area contributed by atoms with E-state index in [1.807, 2.05) is 19.9 Å². The monoisotopic (exact) mass is 793 g/mol. The van der Waals surface area contributed by atoms with Crippen molar-refractivity contribution in [3.05, 3.63) is 65.7 Å². The molecule has 0 radical (unpaired) electrons. The number of benzene rings is 2. The van der Waals surface area contributed by atoms with Crippen LogP contribution in [-0.4, -0.2) is 83.7 Å². The molecule has 15 heteroatoms. The SMILES string of the molecule is CCCCCCCCCC[C@H](NC(C)=O)C(=O)N[C@@H](Cc1ccc(O)cc1)C(=O)NCC(=O)NCC(=O)N[C@@H](Cc1ccccc1)C(=O)N[C@@H](CC(C)C)C(N)=O. The van der Waals surface area contributed by atoms with Gasteiger partial charge in [-0.2, -0.15) is 0 Å². The Balaban J connectivity index is 2.04. The molecule has 57 heavy (non-hydrogen) atoms. The fraction of sp³-hybridized carbons (Fsp3) is 0.548. The number of hydrogen-bond donors (Lipinski definition) is 8. The first-order chi connectivity index (χ1) is 27.2. The maximum Gasteiger partial charge on any atom is 0.243 e. The summed E-state index contributed by atoms with van der Waals surface area (Å²) in [5.74, 6) is -4.26. The van der Waals surface area contributed by atoms with Gasteiger partial charge in [0.1, 0.15) is 29.9 Å². The molecule has 9 N–H and O–H groups in total. The fourth-order valence-electron chi connectivity index (χ4n) is 6.17. The number of phenolic OH excluding ortho intramolecular Hbond substituents is 1. The molecule has 2 rings (SSSR count). The van der Waals surface area contributed by atoms with Gasteiger partial charge in [0.2, 0.25) is 41.4 Å². The number of hydrogen-bond acceptors (Lipinski definition) is 8. The van der Waals surface area contributed by atoms with Gasteiger partial charge in [0.15, 0.2) is 0 Å². The van der Waals surface area contributed by atoms with Crippen LogP contribution in [0.3, 0.4) is 0 Å². The van der Waals surface area contributed by atoms with Crippen molar-refractivity contribution in [2.45, 2.75) is 129 Å². The van der Waals surface area contributed by atoms with E-state index >= 15 is 0 Å². The molecule has 0 spiro atoms. The van der Waals surface area contributed by atoms with Crippen LogP contribution in [0.2, 0.25) is 0 Å². The Kier molecular flexibility index (Phi) is 22.1. The van der Waals surface area contributed by atoms with Gasteiger partial charge in [-0.05, 0) is 42.0 Å². The lowest BCUT2D eigenvalue weighted by Crippen LogP contribution is -2.56. The summed E-state index contributed by atoms with van der Waals surface area (Å²) in [7, 11) is 0. The van der Waals surface area contributed by atoms with Crippen molar-refractivity contribution in [3.63, 3.8) is 0 Å². The first-order valence-electron chi connectivity index (χ1n) is 20.0. The molecule has 2 aromatic rings. The standard InChI is InChI=1S/C42H63N7O8/c1-5-6-7-8-9-10-11-15-18-33(46-29(4)50)41(56)49-35(25-31-19-21-32(51)22-20-31)40(55)45-26-37(52)44-27-38(53)47-36(24-30-16-13-12-14-17-30)42(57)48-34(39(43)54)23-28(2)3/h12-14,16-17,19-22,28,33-36,51H,5-11,15,18,23-27H2,1-4H3,(H2,43,54)(H,44,52)(H,45,55)(H,46,50)(H,47,53)(H,48,57)(H,49,56)/t33-,34-,35-,36-/m0/s1. The van der Waals surface area contributed by atoms with Crippen molar-refractivity contribution in [2.24, 2.45) is 11.7 Å². The van der Waals surface area contributed by atoms with Crippen LogP contribution in [0, 0.1) is 5.92 Å². The number of carbonyl (C=O) groups excluding carboxylic acids is 7. The third-order valence-corrected chi connectivity index (χ3v) is 9.22. The first-order valence-corrected chi connectivity index (χ1v) is 20.0. The number of nitrogens with one attached hydrogen (secondary N) is 6. The molecule has 0 aliphatic carbocycles. The maximum atomic E-state index is 13.5. The topological polar surface area (TPSA) is 238 Å². The molecule has 0 fully saturated rings. The second-order valence-electron chi connectivity index (χ2n) is 14.8. The summed E-state index contributed by atoms with van der Waals surface area (Å²) in [5.41, 5.74) is 6.88. The van der Waals surface area contributed by atoms with Gasteiger partial charge in [-0.1, -0.05) is 115 Å². The van der Waals surface area contributed by atoms with Crippen LogP contribution >= 0.6 is 0 Å². The molecule has 314 valence electrons. The highest BCUT2D eigenvalue weighted by atomic mass is 16.3. The van der Waals surface area contributed by atoms with Gasteiger partial charge in [0.05, 0.1) is 13.1 Å². The second kappa shape index (κ2) is 26.4. The Morgan fingerprint density at radius 3 is 1.70 bits per heavy atom. The molecule has 0 saturated carbocycles. The molecule has 0 aliphatic rings. The largest absolute Gasteiger partial charge is 0.508 e. The van der Waals surface area contributed by atoms with Gasteiger partial charge in [0.25, 0.3) is 0 Å². The van der Waals surface area contributed by atoms with Gasteiger partial charge < -0.3 is 42.7 Å². The maximum absolute atomic E-state index is 13.5. The summed E-state index contributed by atoms with van der Waals surface area (Å²) in [5, 5.41) is 25.3. The molecule has 0 bridgehead atoms. The molecule has 15 nitrogen and oxygen atoms in total. The first kappa shape index (κ1) is 47.7. The van der Waals surface area contributed by atoms with E-state index in [0.717, 1.165) is 31.2 Å². The summed E-state index contributed by atoms with van der Waals surface area (Å²) in [6.45, 7) is 6.19. The Morgan fingerprint density at radius 2 is 1.12 bits per heavy atom. The molecule has 0 aliphatic heterocycles. The van der Waals surface area contributed by atoms with Crippen LogP contribution in [0.25, 0.3) is 0 Å². The number of unbranched alkanes of at least 4 members (excludes halogenated alkanes) is 7. The average Bonchev–Trinajstić information content (AvgIpc) is 3.16. The molecule has 0 heterocycles. The van der Waals surface area contributed by atoms with Crippen LogP contribution < -0.4 is 37.6 Å². The highest BCUT2D eigenvalue weighted by Crippen LogP contribution is 2.14. The predicted molar refractivity (Wildman–Crippen MR) is 217 cm³/mol. The van der Waals surface area contributed by atoms with E-state index in [0.29, 0.717) is 24.8 Å². The Hall–Kier alpha value is -5.47. The number of primary amides is 1. The molecule has 2 aromatic carbocycles. The lowest BCUT2D eigenvalue weighted by Gasteiger charge is -2.23. The van der Waals surface area contributed by atoms with Crippen molar-refractivity contribution in [3.8, 4) is 5.75 Å². The van der Waals surface area contributed by atoms with E-state index in [2.05, 4.69) is 38.8 Å². The minimum atomic E-state index is -1.15. The minimum absolute atomic E-state index is 0.0189. The smallest absolute Gasteiger partial charge is 0.243 e. The summed E-state index contributed by atoms with van der Waals surface area (Å²) < 4.78 is 0. The van der Waals surface area contributed by atoms with Gasteiger partial charge in [-0.25, -0.2) is 0 Å². The quantitative estimate of drug-likeness (QED) is 0.0624. The third kappa shape index (κ3) is 20.3. The molecule has 0 aromatic heterocycles. The van der Waals surface area contributed by atoms with Crippen LogP contribution in [0.1, 0.15) is 103 Å². The molecule has 4 atom stereocenters. The lowest BCUT2D eigenvalue weighted by molar-refractivity contribution is -0.133. The zero-order valence-corrected chi connectivity index (χ0v) is 33.9. The molecule has 7 amide bonds. The van der Waals surface area contributed by atoms with Crippen molar-refractivity contribution in [2.75, 3.05) is 13.1 Å². The van der Waals surface area contributed by atoms with Gasteiger partial charge in [-0.15, -0.1) is 0 Å². The van der Waals surface area contributed by atoms with E-state index in [1.165, 1.54) is 38.3 Å². The molecule has 0 saturated heterocycles. The summed E-state index contributed by atoms with van der Waals surface area (Å²) in [6.07, 6.45) is 9.29. The predicted octanol–water partition coefficient (Wildman–Crippen LogP) is 2.43. The third-order valence-electron chi connectivity index (χ3n) is 9.22. The zero-order chi connectivity index (χ0) is 42.2. The molecule has 0 unspecified atom stereocenters. The normalized spacial score (nSPS) is 13.0. The number of aromatic hydroxyl groups is 1. The Bertz CT molecular complexity index is 1590. The van der Waals surface area contributed by atoms with Gasteiger partial charge >= 0.3 is 0 Å². The lowest BCUT2D eigenvalue weighted by atomic mass is 10.0. The Labute approximate surface area is 336 Å². The highest BCUT2D eigenvalue weighted by molar-refractivity contribution is 5.95. The Morgan fingerprint density at radius 1 is 0.596 bits per heavy atom. The zero-order valence-electron chi connectivity index (χ0n) is 33.9. The summed E-state index contributed by atoms with van der Waals surface area (Å²) in [4.78, 5) is 90.0. The highest BCUT2D eigenvalue weighted by Gasteiger charge is 2.28. The van der Waals surface area contributed by atoms with Crippen LogP contribution in [0.5, 0.6) is 5.75 Å². The minimum Gasteiger partial charge on any atom is -0.508 e. The van der Waals surface area contributed by atoms with E-state index in [4.69, 9.17) is 5.73 Å². The number of carbonyl (C=O) groups is 7. The van der Waals surface area contributed by atoms with Crippen molar-refractivity contribution in [1.82, 2.24) is 31.9 Å². The van der Waals surface area contributed by atoms with E-state index in [1.54, 1.807) is 36.4 Å². The number of phenols is 1. The number of amides is 7. The van der Waals surface area contributed by atoms with Gasteiger partial charge in [-0.3, -0.25) is 33.6 Å². The van der Waals surface area contributed by atoms with E-state index in [-0.39, 0.29) is 30.4 Å². The molecular weight excluding hydrogens is 731 g/mol. The van der Waals surface area contributed by atoms with Crippen molar-refractivity contribution >= 4 is 41.4 Å². The van der Waals surface area contributed by atoms with E-state index < -0.39 is 72.7 Å². The van der Waals surface area contributed by atoms with Crippen LogP contribution in [0.15, 0.2) is 54.6 Å². The van der Waals surface area contributed by atoms with Crippen LogP contribution in [-0.2, 0) is 46.4 Å². The molecular formula is C42H63N7O8. The van der Waals surface area contributed by atoms with Crippen molar-refractivity contribution < 1.29 is 38.7 Å². The van der Waals surface area contributed by atoms with Gasteiger partial charge in [0, 0.05) is 19.8 Å². The number of rotatable bonds is 27. The van der Waals surface area contributed by atoms with E-state index in [9.17, 15) is 38.7 Å². The summed E-state index contributed by atoms with van der Waals surface area (Å²) in [6, 6.07) is 11.0. The second-order valence-corrected chi connectivity index (χ2v) is 14.8. The van der Waals surface area contributed by atoms with Crippen molar-refractivity contribution in [1.29, 1.82) is 0 Å². The van der Waals surface area contributed by atoms with Crippen LogP contribution in [0.4, 0.5) is 0 Å². The summed E-state index contributed by atoms with van der Waals surface area (Å²) >= 11 is 0. The number of nitrogens with two attached hydrogens (primary N) is 1. The average molecular weight is 794 g/mol. The fourth-order valence-corrected chi connectivity index (χ4v) is 6.17.